The average molecular weight is 325 g/mol. The van der Waals surface area contributed by atoms with Gasteiger partial charge in [0, 0.05) is 23.6 Å². The summed E-state index contributed by atoms with van der Waals surface area (Å²) in [5.41, 5.74) is 2.90. The summed E-state index contributed by atoms with van der Waals surface area (Å²) in [6.45, 7) is 10.6. The minimum absolute atomic E-state index is 0.215. The van der Waals surface area contributed by atoms with Gasteiger partial charge in [0.1, 0.15) is 5.76 Å². The highest BCUT2D eigenvalue weighted by molar-refractivity contribution is 5.88. The summed E-state index contributed by atoms with van der Waals surface area (Å²) >= 11 is 0. The summed E-state index contributed by atoms with van der Waals surface area (Å²) in [5, 5.41) is 1.05. The number of aromatic nitrogens is 1. The summed E-state index contributed by atoms with van der Waals surface area (Å²) in [5.74, 6) is 0.454. The molecule has 0 amide bonds. The smallest absolute Gasteiger partial charge is 0.310 e. The number of benzene rings is 1. The Hall–Kier alpha value is -2.75. The van der Waals surface area contributed by atoms with Crippen molar-refractivity contribution in [3.8, 4) is 0 Å². The van der Waals surface area contributed by atoms with Gasteiger partial charge >= 0.3 is 5.97 Å². The van der Waals surface area contributed by atoms with E-state index in [0.29, 0.717) is 18.9 Å². The molecule has 1 aromatic heterocycles. The van der Waals surface area contributed by atoms with Crippen LogP contribution in [0.25, 0.3) is 10.9 Å². The van der Waals surface area contributed by atoms with Gasteiger partial charge in [-0.2, -0.15) is 0 Å². The van der Waals surface area contributed by atoms with Gasteiger partial charge in [0.15, 0.2) is 0 Å². The summed E-state index contributed by atoms with van der Waals surface area (Å²) in [6, 6.07) is 8.00. The zero-order chi connectivity index (χ0) is 17.5. The van der Waals surface area contributed by atoms with Crippen LogP contribution in [0.15, 0.2) is 67.1 Å². The van der Waals surface area contributed by atoms with Crippen molar-refractivity contribution >= 4 is 16.9 Å². The summed E-state index contributed by atoms with van der Waals surface area (Å²) in [7, 11) is 1.60. The maximum absolute atomic E-state index is 11.8. The van der Waals surface area contributed by atoms with Crippen molar-refractivity contribution in [1.29, 1.82) is 0 Å². The molecule has 0 unspecified atom stereocenters. The molecule has 0 aliphatic rings. The van der Waals surface area contributed by atoms with E-state index in [1.54, 1.807) is 13.2 Å². The first-order valence-corrected chi connectivity index (χ1v) is 7.87. The number of hydrogen-bond donors (Lipinski definition) is 0. The van der Waals surface area contributed by atoms with Gasteiger partial charge in [-0.1, -0.05) is 31.4 Å². The molecule has 126 valence electrons. The van der Waals surface area contributed by atoms with Crippen LogP contribution in [0.5, 0.6) is 0 Å². The summed E-state index contributed by atoms with van der Waals surface area (Å²) < 4.78 is 12.3. The van der Waals surface area contributed by atoms with E-state index < -0.39 is 0 Å². The molecule has 0 aliphatic heterocycles. The predicted molar refractivity (Wildman–Crippen MR) is 96.7 cm³/mol. The van der Waals surface area contributed by atoms with E-state index in [1.807, 2.05) is 43.5 Å². The molecular weight excluding hydrogens is 302 g/mol. The van der Waals surface area contributed by atoms with Crippen molar-refractivity contribution < 1.29 is 14.3 Å². The van der Waals surface area contributed by atoms with Crippen LogP contribution in [0.2, 0.25) is 0 Å². The van der Waals surface area contributed by atoms with Gasteiger partial charge in [-0.15, -0.1) is 0 Å². The zero-order valence-corrected chi connectivity index (χ0v) is 14.2. The number of hydrogen-bond acceptors (Lipinski definition) is 3. The first-order valence-electron chi connectivity index (χ1n) is 7.87. The van der Waals surface area contributed by atoms with Gasteiger partial charge in [0.05, 0.1) is 20.1 Å². The van der Waals surface area contributed by atoms with E-state index in [0.717, 1.165) is 22.0 Å². The molecule has 1 aromatic carbocycles. The Morgan fingerprint density at radius 3 is 2.75 bits per heavy atom. The molecule has 0 aliphatic carbocycles. The van der Waals surface area contributed by atoms with Crippen molar-refractivity contribution in [2.75, 3.05) is 13.7 Å². The van der Waals surface area contributed by atoms with Crippen molar-refractivity contribution in [3.05, 3.63) is 72.7 Å². The van der Waals surface area contributed by atoms with Crippen molar-refractivity contribution in [2.45, 2.75) is 19.9 Å². The normalized spacial score (nSPS) is 11.3. The average Bonchev–Trinajstić information content (AvgIpc) is 2.90. The Bertz CT molecular complexity index is 783. The number of esters is 1. The van der Waals surface area contributed by atoms with E-state index in [1.165, 1.54) is 0 Å². The third-order valence-electron chi connectivity index (χ3n) is 3.67. The van der Waals surface area contributed by atoms with Gasteiger partial charge in [-0.25, -0.2) is 0 Å². The van der Waals surface area contributed by atoms with Crippen LogP contribution in [0.1, 0.15) is 12.5 Å². The number of allylic oxidation sites excluding steroid dienone is 3. The number of carbonyl (C=O) groups excluding carboxylic acids is 1. The number of para-hydroxylation sites is 1. The summed E-state index contributed by atoms with van der Waals surface area (Å²) in [4.78, 5) is 11.8. The molecule has 0 bridgehead atoms. The Balaban J connectivity index is 2.30. The molecule has 24 heavy (non-hydrogen) atoms. The molecule has 0 saturated heterocycles. The fraction of sp³-hybridized carbons (Fsp3) is 0.250. The van der Waals surface area contributed by atoms with Crippen LogP contribution >= 0.6 is 0 Å². The van der Waals surface area contributed by atoms with E-state index in [4.69, 9.17) is 9.47 Å². The van der Waals surface area contributed by atoms with E-state index >= 15 is 0 Å². The lowest BCUT2D eigenvalue weighted by Crippen LogP contribution is -2.07. The number of methoxy groups -OCH3 is 1. The molecule has 2 aromatic rings. The minimum Gasteiger partial charge on any atom is -0.497 e. The van der Waals surface area contributed by atoms with E-state index in [9.17, 15) is 4.79 Å². The maximum atomic E-state index is 11.8. The fourth-order valence-corrected chi connectivity index (χ4v) is 2.63. The molecule has 0 radical (unpaired) electrons. The predicted octanol–water partition coefficient (Wildman–Crippen LogP) is 4.02. The monoisotopic (exact) mass is 325 g/mol. The fourth-order valence-electron chi connectivity index (χ4n) is 2.63. The Kier molecular flexibility index (Phi) is 6.01. The molecule has 0 saturated carbocycles. The van der Waals surface area contributed by atoms with Gasteiger partial charge in [-0.05, 0) is 36.3 Å². The third-order valence-corrected chi connectivity index (χ3v) is 3.67. The highest BCUT2D eigenvalue weighted by Gasteiger charge is 2.12. The van der Waals surface area contributed by atoms with Crippen LogP contribution in [0.4, 0.5) is 0 Å². The Morgan fingerprint density at radius 1 is 1.33 bits per heavy atom. The van der Waals surface area contributed by atoms with Crippen LogP contribution in [-0.2, 0) is 27.2 Å². The molecule has 4 heteroatoms. The third kappa shape index (κ3) is 4.16. The standard InChI is InChI=1S/C20H23NO3/c1-5-17(23-4)11-15(3)13-21-14-16(12-20(22)24-6-2)18-9-7-8-10-19(18)21/h5,7-11,14H,1,3,6,12-13H2,2,4H3/b17-11+. The molecule has 1 heterocycles. The van der Waals surface area contributed by atoms with Gasteiger partial charge in [0.25, 0.3) is 0 Å². The van der Waals surface area contributed by atoms with Crippen LogP contribution in [-0.4, -0.2) is 24.3 Å². The Morgan fingerprint density at radius 2 is 2.08 bits per heavy atom. The van der Waals surface area contributed by atoms with Crippen molar-refractivity contribution in [3.63, 3.8) is 0 Å². The first kappa shape index (κ1) is 17.6. The topological polar surface area (TPSA) is 40.5 Å². The quantitative estimate of drug-likeness (QED) is 0.418. The summed E-state index contributed by atoms with van der Waals surface area (Å²) in [6.07, 6.45) is 5.75. The molecule has 2 rings (SSSR count). The number of ether oxygens (including phenoxy) is 2. The molecule has 0 spiro atoms. The molecule has 0 N–H and O–H groups in total. The number of nitrogens with zero attached hydrogens (tertiary/aromatic N) is 1. The molecule has 0 atom stereocenters. The molecule has 0 fully saturated rings. The first-order chi connectivity index (χ1) is 11.6. The number of rotatable bonds is 8. The lowest BCUT2D eigenvalue weighted by molar-refractivity contribution is -0.142. The van der Waals surface area contributed by atoms with E-state index in [2.05, 4.69) is 17.7 Å². The lowest BCUT2D eigenvalue weighted by Gasteiger charge is -2.07. The van der Waals surface area contributed by atoms with Crippen LogP contribution < -0.4 is 0 Å². The Labute approximate surface area is 142 Å². The minimum atomic E-state index is -0.215. The van der Waals surface area contributed by atoms with Crippen LogP contribution in [0.3, 0.4) is 0 Å². The van der Waals surface area contributed by atoms with Crippen molar-refractivity contribution in [2.24, 2.45) is 0 Å². The highest BCUT2D eigenvalue weighted by Crippen LogP contribution is 2.23. The maximum Gasteiger partial charge on any atom is 0.310 e. The highest BCUT2D eigenvalue weighted by atomic mass is 16.5. The van der Waals surface area contributed by atoms with Gasteiger partial charge in [0.2, 0.25) is 0 Å². The van der Waals surface area contributed by atoms with E-state index in [-0.39, 0.29) is 12.4 Å². The second-order valence-electron chi connectivity index (χ2n) is 5.39. The van der Waals surface area contributed by atoms with Gasteiger partial charge in [-0.3, -0.25) is 4.79 Å². The van der Waals surface area contributed by atoms with Gasteiger partial charge < -0.3 is 14.0 Å². The van der Waals surface area contributed by atoms with Crippen LogP contribution in [0, 0.1) is 0 Å². The second kappa shape index (κ2) is 8.20. The SMILES string of the molecule is C=C/C(=C\C(=C)Cn1cc(CC(=O)OCC)c2ccccc21)OC. The lowest BCUT2D eigenvalue weighted by atomic mass is 10.1. The largest absolute Gasteiger partial charge is 0.497 e. The number of carbonyl (C=O) groups is 1. The van der Waals surface area contributed by atoms with Crippen molar-refractivity contribution in [1.82, 2.24) is 4.57 Å². The second-order valence-corrected chi connectivity index (χ2v) is 5.39. The zero-order valence-electron chi connectivity index (χ0n) is 14.2. The number of fused-ring (bicyclic) bond motifs is 1. The molecular formula is C20H23NO3. The molecule has 4 nitrogen and oxygen atoms in total.